The van der Waals surface area contributed by atoms with E-state index < -0.39 is 17.7 Å². The van der Waals surface area contributed by atoms with E-state index in [1.165, 1.54) is 18.2 Å². The summed E-state index contributed by atoms with van der Waals surface area (Å²) in [6.45, 7) is 6.01. The van der Waals surface area contributed by atoms with E-state index in [1.54, 1.807) is 19.0 Å². The van der Waals surface area contributed by atoms with Crippen LogP contribution < -0.4 is 5.32 Å². The summed E-state index contributed by atoms with van der Waals surface area (Å²) in [5, 5.41) is 3.27. The number of amides is 1. The van der Waals surface area contributed by atoms with Crippen molar-refractivity contribution >= 4 is 11.9 Å². The highest BCUT2D eigenvalue weighted by molar-refractivity contribution is 5.82. The van der Waals surface area contributed by atoms with E-state index in [2.05, 4.69) is 10.2 Å². The van der Waals surface area contributed by atoms with Crippen LogP contribution in [0.1, 0.15) is 31.4 Å². The lowest BCUT2D eigenvalue weighted by Gasteiger charge is -2.37. The minimum Gasteiger partial charge on any atom is -0.368 e. The SMILES string of the molecule is CCNC(=NCC(c1c(F)cccc1F)N(C)C)N1CCN(C(=O)C2CCCO2)CC1. The third-order valence-electron chi connectivity index (χ3n) is 5.80. The second-order valence-electron chi connectivity index (χ2n) is 8.12. The highest BCUT2D eigenvalue weighted by atomic mass is 19.1. The fourth-order valence-electron chi connectivity index (χ4n) is 4.06. The average molecular weight is 438 g/mol. The molecule has 2 heterocycles. The van der Waals surface area contributed by atoms with Crippen molar-refractivity contribution in [2.45, 2.75) is 31.9 Å². The number of aliphatic imine (C=N–C) groups is 1. The predicted molar refractivity (Wildman–Crippen MR) is 116 cm³/mol. The lowest BCUT2D eigenvalue weighted by atomic mass is 10.0. The summed E-state index contributed by atoms with van der Waals surface area (Å²) in [5.74, 6) is -0.377. The first-order chi connectivity index (χ1) is 14.9. The summed E-state index contributed by atoms with van der Waals surface area (Å²) in [4.78, 5) is 23.0. The molecule has 1 aromatic carbocycles. The first-order valence-electron chi connectivity index (χ1n) is 11.0. The number of guanidine groups is 1. The van der Waals surface area contributed by atoms with Gasteiger partial charge in [-0.25, -0.2) is 8.78 Å². The molecule has 0 aromatic heterocycles. The first-order valence-corrected chi connectivity index (χ1v) is 11.0. The topological polar surface area (TPSA) is 60.4 Å². The predicted octanol–water partition coefficient (Wildman–Crippen LogP) is 1.86. The second kappa shape index (κ2) is 10.9. The third-order valence-corrected chi connectivity index (χ3v) is 5.80. The fraction of sp³-hybridized carbons (Fsp3) is 0.636. The van der Waals surface area contributed by atoms with Gasteiger partial charge in [-0.2, -0.15) is 0 Å². The monoisotopic (exact) mass is 437 g/mol. The Balaban J connectivity index is 1.67. The first kappa shape index (κ1) is 23.4. The zero-order valence-corrected chi connectivity index (χ0v) is 18.6. The molecule has 2 aliphatic rings. The molecule has 2 aliphatic heterocycles. The number of piperazine rings is 1. The van der Waals surface area contributed by atoms with E-state index in [1.807, 2.05) is 11.8 Å². The highest BCUT2D eigenvalue weighted by Crippen LogP contribution is 2.25. The molecule has 31 heavy (non-hydrogen) atoms. The van der Waals surface area contributed by atoms with Crippen molar-refractivity contribution in [3.8, 4) is 0 Å². The molecular weight excluding hydrogens is 404 g/mol. The maximum absolute atomic E-state index is 14.3. The van der Waals surface area contributed by atoms with Crippen LogP contribution in [0.5, 0.6) is 0 Å². The van der Waals surface area contributed by atoms with Gasteiger partial charge in [0.05, 0.1) is 12.6 Å². The molecule has 1 aromatic rings. The lowest BCUT2D eigenvalue weighted by Crippen LogP contribution is -2.55. The van der Waals surface area contributed by atoms with Gasteiger partial charge in [0, 0.05) is 44.9 Å². The van der Waals surface area contributed by atoms with Crippen molar-refractivity contribution < 1.29 is 18.3 Å². The normalized spacial score (nSPS) is 21.0. The van der Waals surface area contributed by atoms with Crippen molar-refractivity contribution in [1.29, 1.82) is 0 Å². The summed E-state index contributed by atoms with van der Waals surface area (Å²) < 4.78 is 34.2. The number of likely N-dealkylation sites (N-methyl/N-ethyl adjacent to an activating group) is 1. The molecular formula is C22H33F2N5O2. The number of nitrogens with one attached hydrogen (secondary N) is 1. The average Bonchev–Trinajstić information content (AvgIpc) is 3.29. The summed E-state index contributed by atoms with van der Waals surface area (Å²) in [6, 6.07) is 3.38. The molecule has 1 N–H and O–H groups in total. The molecule has 2 saturated heterocycles. The summed E-state index contributed by atoms with van der Waals surface area (Å²) in [6.07, 6.45) is 1.43. The number of hydrogen-bond donors (Lipinski definition) is 1. The van der Waals surface area contributed by atoms with Crippen molar-refractivity contribution in [2.75, 3.05) is 60.0 Å². The Hall–Kier alpha value is -2.26. The van der Waals surface area contributed by atoms with E-state index in [4.69, 9.17) is 9.73 Å². The van der Waals surface area contributed by atoms with Crippen LogP contribution in [-0.2, 0) is 9.53 Å². The largest absolute Gasteiger partial charge is 0.368 e. The van der Waals surface area contributed by atoms with Crippen LogP contribution in [0.15, 0.2) is 23.2 Å². The van der Waals surface area contributed by atoms with Gasteiger partial charge in [-0.05, 0) is 46.0 Å². The molecule has 0 saturated carbocycles. The molecule has 0 bridgehead atoms. The van der Waals surface area contributed by atoms with E-state index >= 15 is 0 Å². The maximum atomic E-state index is 14.3. The number of benzene rings is 1. The molecule has 2 atom stereocenters. The van der Waals surface area contributed by atoms with Crippen molar-refractivity contribution in [1.82, 2.24) is 20.0 Å². The Morgan fingerprint density at radius 1 is 1.23 bits per heavy atom. The lowest BCUT2D eigenvalue weighted by molar-refractivity contribution is -0.142. The molecule has 0 spiro atoms. The van der Waals surface area contributed by atoms with Gasteiger partial charge >= 0.3 is 0 Å². The number of carbonyl (C=O) groups excluding carboxylic acids is 1. The molecule has 172 valence electrons. The second-order valence-corrected chi connectivity index (χ2v) is 8.12. The standard InChI is InChI=1S/C22H33F2N5O2/c1-4-25-22(26-15-18(27(2)3)20-16(23)7-5-8-17(20)24)29-12-10-28(11-13-29)21(30)19-9-6-14-31-19/h5,7-8,18-19H,4,6,9-15H2,1-3H3,(H,25,26). The molecule has 2 fully saturated rings. The van der Waals surface area contributed by atoms with Gasteiger partial charge in [0.1, 0.15) is 17.7 Å². The summed E-state index contributed by atoms with van der Waals surface area (Å²) in [5.41, 5.74) is 0.0269. The van der Waals surface area contributed by atoms with Crippen LogP contribution in [0.4, 0.5) is 8.78 Å². The molecule has 9 heteroatoms. The number of carbonyl (C=O) groups is 1. The van der Waals surface area contributed by atoms with E-state index in [-0.39, 0.29) is 24.1 Å². The number of ether oxygens (including phenoxy) is 1. The van der Waals surface area contributed by atoms with Gasteiger partial charge in [0.15, 0.2) is 5.96 Å². The Morgan fingerprint density at radius 3 is 2.42 bits per heavy atom. The maximum Gasteiger partial charge on any atom is 0.251 e. The molecule has 0 radical (unpaired) electrons. The van der Waals surface area contributed by atoms with Crippen LogP contribution in [0.25, 0.3) is 0 Å². The molecule has 1 amide bonds. The van der Waals surface area contributed by atoms with Crippen molar-refractivity contribution in [3.05, 3.63) is 35.4 Å². The van der Waals surface area contributed by atoms with Crippen LogP contribution in [0.2, 0.25) is 0 Å². The van der Waals surface area contributed by atoms with Crippen LogP contribution >= 0.6 is 0 Å². The van der Waals surface area contributed by atoms with Crippen LogP contribution in [0.3, 0.4) is 0 Å². The Kier molecular flexibility index (Phi) is 8.20. The Bertz CT molecular complexity index is 755. The smallest absolute Gasteiger partial charge is 0.251 e. The molecule has 2 unspecified atom stereocenters. The van der Waals surface area contributed by atoms with Gasteiger partial charge in [-0.3, -0.25) is 9.79 Å². The van der Waals surface area contributed by atoms with E-state index in [0.29, 0.717) is 45.3 Å². The van der Waals surface area contributed by atoms with Gasteiger partial charge < -0.3 is 24.8 Å². The number of halogens is 2. The van der Waals surface area contributed by atoms with Gasteiger partial charge in [-0.15, -0.1) is 0 Å². The highest BCUT2D eigenvalue weighted by Gasteiger charge is 2.31. The van der Waals surface area contributed by atoms with Crippen molar-refractivity contribution in [3.63, 3.8) is 0 Å². The molecule has 3 rings (SSSR count). The van der Waals surface area contributed by atoms with Gasteiger partial charge in [0.25, 0.3) is 5.91 Å². The van der Waals surface area contributed by atoms with Crippen LogP contribution in [-0.4, -0.2) is 92.6 Å². The van der Waals surface area contributed by atoms with Crippen LogP contribution in [0, 0.1) is 11.6 Å². The minimum absolute atomic E-state index is 0.0269. The summed E-state index contributed by atoms with van der Waals surface area (Å²) in [7, 11) is 3.57. The quantitative estimate of drug-likeness (QED) is 0.544. The van der Waals surface area contributed by atoms with Gasteiger partial charge in [0.2, 0.25) is 0 Å². The number of nitrogens with zero attached hydrogens (tertiary/aromatic N) is 4. The van der Waals surface area contributed by atoms with E-state index in [0.717, 1.165) is 12.8 Å². The van der Waals surface area contributed by atoms with Crippen molar-refractivity contribution in [2.24, 2.45) is 4.99 Å². The number of hydrogen-bond acceptors (Lipinski definition) is 4. The zero-order chi connectivity index (χ0) is 22.4. The van der Waals surface area contributed by atoms with E-state index in [9.17, 15) is 13.6 Å². The number of rotatable bonds is 6. The summed E-state index contributed by atoms with van der Waals surface area (Å²) >= 11 is 0. The Morgan fingerprint density at radius 2 is 1.87 bits per heavy atom. The minimum atomic E-state index is -0.569. The third kappa shape index (κ3) is 5.71. The fourth-order valence-corrected chi connectivity index (χ4v) is 4.06. The van der Waals surface area contributed by atoms with Gasteiger partial charge in [-0.1, -0.05) is 6.07 Å². The Labute approximate surface area is 183 Å². The zero-order valence-electron chi connectivity index (χ0n) is 18.6. The molecule has 0 aliphatic carbocycles. The molecule has 7 nitrogen and oxygen atoms in total.